The normalized spacial score (nSPS) is 17.0. The first kappa shape index (κ1) is 12.8. The predicted octanol–water partition coefficient (Wildman–Crippen LogP) is 2.88. The fourth-order valence-corrected chi connectivity index (χ4v) is 2.31. The van der Waals surface area contributed by atoms with Crippen molar-refractivity contribution in [2.75, 3.05) is 19.0 Å². The summed E-state index contributed by atoms with van der Waals surface area (Å²) >= 11 is 0. The third-order valence-electron chi connectivity index (χ3n) is 3.73. The van der Waals surface area contributed by atoms with Crippen molar-refractivity contribution in [2.24, 2.45) is 0 Å². The number of hydrogen-bond donors (Lipinski definition) is 1. The van der Waals surface area contributed by atoms with Gasteiger partial charge in [0.15, 0.2) is 0 Å². The molecular weight excluding hydrogens is 232 g/mol. The molecule has 0 aromatic heterocycles. The van der Waals surface area contributed by atoms with Crippen LogP contribution in [0.3, 0.4) is 0 Å². The summed E-state index contributed by atoms with van der Waals surface area (Å²) in [6.07, 6.45) is 3.18. The lowest BCUT2D eigenvalue weighted by atomic mass is 9.80. The van der Waals surface area contributed by atoms with Crippen LogP contribution in [0.15, 0.2) is 18.2 Å². The van der Waals surface area contributed by atoms with Crippen LogP contribution in [-0.2, 0) is 4.74 Å². The van der Waals surface area contributed by atoms with Gasteiger partial charge >= 0.3 is 0 Å². The second kappa shape index (κ2) is 4.94. The van der Waals surface area contributed by atoms with Gasteiger partial charge in [0.1, 0.15) is 5.69 Å². The van der Waals surface area contributed by atoms with Gasteiger partial charge in [-0.1, -0.05) is 12.1 Å². The van der Waals surface area contributed by atoms with E-state index in [4.69, 9.17) is 4.74 Å². The smallest absolute Gasteiger partial charge is 0.292 e. The van der Waals surface area contributed by atoms with Gasteiger partial charge in [-0.25, -0.2) is 0 Å². The van der Waals surface area contributed by atoms with E-state index >= 15 is 0 Å². The Kier molecular flexibility index (Phi) is 3.52. The zero-order chi connectivity index (χ0) is 13.2. The molecule has 1 fully saturated rings. The number of rotatable bonds is 5. The van der Waals surface area contributed by atoms with E-state index in [1.807, 2.05) is 13.0 Å². The molecule has 5 heteroatoms. The third kappa shape index (κ3) is 2.31. The number of nitrogens with one attached hydrogen (secondary N) is 1. The van der Waals surface area contributed by atoms with Crippen LogP contribution in [0, 0.1) is 17.0 Å². The highest BCUT2D eigenvalue weighted by Crippen LogP contribution is 2.36. The maximum absolute atomic E-state index is 11.0. The molecule has 98 valence electrons. The summed E-state index contributed by atoms with van der Waals surface area (Å²) in [4.78, 5) is 10.6. The van der Waals surface area contributed by atoms with Crippen molar-refractivity contribution in [3.8, 4) is 0 Å². The number of para-hydroxylation sites is 1. The summed E-state index contributed by atoms with van der Waals surface area (Å²) < 4.78 is 5.50. The average Bonchev–Trinajstić information content (AvgIpc) is 2.29. The second-order valence-electron chi connectivity index (χ2n) is 4.82. The van der Waals surface area contributed by atoms with Crippen LogP contribution in [0.25, 0.3) is 0 Å². The Labute approximate surface area is 106 Å². The maximum atomic E-state index is 11.0. The Balaban J connectivity index is 2.15. The van der Waals surface area contributed by atoms with E-state index in [2.05, 4.69) is 5.32 Å². The quantitative estimate of drug-likeness (QED) is 0.644. The number of anilines is 1. The molecule has 1 N–H and O–H groups in total. The van der Waals surface area contributed by atoms with Crippen molar-refractivity contribution < 1.29 is 9.66 Å². The molecule has 1 saturated carbocycles. The molecule has 0 radical (unpaired) electrons. The van der Waals surface area contributed by atoms with E-state index in [0.29, 0.717) is 12.2 Å². The van der Waals surface area contributed by atoms with Crippen LogP contribution >= 0.6 is 0 Å². The van der Waals surface area contributed by atoms with Gasteiger partial charge in [-0.15, -0.1) is 0 Å². The maximum Gasteiger partial charge on any atom is 0.292 e. The first-order chi connectivity index (χ1) is 8.58. The van der Waals surface area contributed by atoms with E-state index in [9.17, 15) is 10.1 Å². The van der Waals surface area contributed by atoms with Gasteiger partial charge in [0.25, 0.3) is 5.69 Å². The molecule has 1 aromatic rings. The molecule has 1 aromatic carbocycles. The molecule has 0 bridgehead atoms. The number of nitro groups is 1. The fourth-order valence-electron chi connectivity index (χ4n) is 2.31. The molecular formula is C13H18N2O3. The molecule has 0 amide bonds. The number of hydrogen-bond acceptors (Lipinski definition) is 4. The van der Waals surface area contributed by atoms with Crippen molar-refractivity contribution in [1.82, 2.24) is 0 Å². The largest absolute Gasteiger partial charge is 0.376 e. The van der Waals surface area contributed by atoms with Crippen molar-refractivity contribution in [1.29, 1.82) is 0 Å². The Hall–Kier alpha value is -1.62. The van der Waals surface area contributed by atoms with Gasteiger partial charge in [0.05, 0.1) is 10.5 Å². The Morgan fingerprint density at radius 1 is 1.50 bits per heavy atom. The first-order valence-electron chi connectivity index (χ1n) is 6.11. The number of aryl methyl sites for hydroxylation is 1. The molecule has 0 spiro atoms. The third-order valence-corrected chi connectivity index (χ3v) is 3.73. The molecule has 2 rings (SSSR count). The van der Waals surface area contributed by atoms with Gasteiger partial charge in [-0.3, -0.25) is 10.1 Å². The summed E-state index contributed by atoms with van der Waals surface area (Å²) in [6.45, 7) is 2.49. The lowest BCUT2D eigenvalue weighted by molar-refractivity contribution is -0.384. The van der Waals surface area contributed by atoms with Crippen molar-refractivity contribution in [2.45, 2.75) is 31.8 Å². The lowest BCUT2D eigenvalue weighted by Gasteiger charge is -2.40. The summed E-state index contributed by atoms with van der Waals surface area (Å²) in [5.74, 6) is 0. The molecule has 0 atom stereocenters. The molecule has 18 heavy (non-hydrogen) atoms. The van der Waals surface area contributed by atoms with Crippen molar-refractivity contribution in [3.63, 3.8) is 0 Å². The average molecular weight is 250 g/mol. The van der Waals surface area contributed by atoms with Crippen molar-refractivity contribution in [3.05, 3.63) is 33.9 Å². The van der Waals surface area contributed by atoms with Crippen molar-refractivity contribution >= 4 is 11.4 Å². The van der Waals surface area contributed by atoms with E-state index in [1.54, 1.807) is 13.2 Å². The minimum Gasteiger partial charge on any atom is -0.376 e. The summed E-state index contributed by atoms with van der Waals surface area (Å²) in [7, 11) is 1.70. The second-order valence-corrected chi connectivity index (χ2v) is 4.82. The lowest BCUT2D eigenvalue weighted by Crippen LogP contribution is -2.45. The van der Waals surface area contributed by atoms with E-state index in [-0.39, 0.29) is 16.2 Å². The van der Waals surface area contributed by atoms with Crippen LogP contribution in [-0.4, -0.2) is 24.2 Å². The summed E-state index contributed by atoms with van der Waals surface area (Å²) in [5.41, 5.74) is 1.47. The van der Waals surface area contributed by atoms with Gasteiger partial charge < -0.3 is 10.1 Å². The van der Waals surface area contributed by atoms with Crippen LogP contribution in [0.4, 0.5) is 11.4 Å². The van der Waals surface area contributed by atoms with Gasteiger partial charge in [-0.2, -0.15) is 0 Å². The number of ether oxygens (including phenoxy) is 1. The highest BCUT2D eigenvalue weighted by atomic mass is 16.6. The Bertz CT molecular complexity index is 450. The minimum atomic E-state index is -0.352. The summed E-state index contributed by atoms with van der Waals surface area (Å²) in [5, 5.41) is 14.2. The van der Waals surface area contributed by atoms with E-state index < -0.39 is 0 Å². The van der Waals surface area contributed by atoms with Gasteiger partial charge in [-0.05, 0) is 31.7 Å². The topological polar surface area (TPSA) is 64.4 Å². The van der Waals surface area contributed by atoms with Gasteiger partial charge in [0.2, 0.25) is 0 Å². The summed E-state index contributed by atoms with van der Waals surface area (Å²) in [6, 6.07) is 5.10. The highest BCUT2D eigenvalue weighted by Gasteiger charge is 2.37. The standard InChI is InChI=1S/C13H18N2O3/c1-10-5-3-6-11(15(16)17)12(10)14-9-13(18-2)7-4-8-13/h3,5-6,14H,4,7-9H2,1-2H3. The van der Waals surface area contributed by atoms with Crippen LogP contribution in [0.5, 0.6) is 0 Å². The molecule has 1 aliphatic rings. The van der Waals surface area contributed by atoms with Crippen LogP contribution in [0.2, 0.25) is 0 Å². The number of benzene rings is 1. The van der Waals surface area contributed by atoms with E-state index in [1.165, 1.54) is 6.07 Å². The van der Waals surface area contributed by atoms with Crippen LogP contribution in [0.1, 0.15) is 24.8 Å². The molecule has 1 aliphatic carbocycles. The monoisotopic (exact) mass is 250 g/mol. The van der Waals surface area contributed by atoms with Gasteiger partial charge in [0, 0.05) is 19.7 Å². The molecule has 5 nitrogen and oxygen atoms in total. The minimum absolute atomic E-state index is 0.126. The molecule has 0 aliphatic heterocycles. The van der Waals surface area contributed by atoms with E-state index in [0.717, 1.165) is 24.8 Å². The van der Waals surface area contributed by atoms with Crippen LogP contribution < -0.4 is 5.32 Å². The Morgan fingerprint density at radius 2 is 2.22 bits per heavy atom. The number of methoxy groups -OCH3 is 1. The molecule has 0 unspecified atom stereocenters. The highest BCUT2D eigenvalue weighted by molar-refractivity contribution is 5.66. The zero-order valence-electron chi connectivity index (χ0n) is 10.7. The number of nitrogens with zero attached hydrogens (tertiary/aromatic N) is 1. The zero-order valence-corrected chi connectivity index (χ0v) is 10.7. The first-order valence-corrected chi connectivity index (χ1v) is 6.11. The SMILES string of the molecule is COC1(CNc2c(C)cccc2[N+](=O)[O-])CCC1. The predicted molar refractivity (Wildman–Crippen MR) is 69.9 cm³/mol. The Morgan fingerprint density at radius 3 is 2.72 bits per heavy atom. The number of nitro benzene ring substituents is 1. The molecule has 0 heterocycles. The fraction of sp³-hybridized carbons (Fsp3) is 0.538. The molecule has 0 saturated heterocycles.